The van der Waals surface area contributed by atoms with Gasteiger partial charge in [0.1, 0.15) is 11.8 Å². The first kappa shape index (κ1) is 19.5. The Morgan fingerprint density at radius 3 is 1.68 bits per heavy atom. The third kappa shape index (κ3) is 4.54. The van der Waals surface area contributed by atoms with Crippen molar-refractivity contribution in [2.75, 3.05) is 0 Å². The largest absolute Gasteiger partial charge is 0.303 e. The second-order valence-electron chi connectivity index (χ2n) is 6.87. The summed E-state index contributed by atoms with van der Waals surface area (Å²) in [7, 11) is 0. The quantitative estimate of drug-likeness (QED) is 0.494. The number of rotatable bonds is 9. The molecule has 3 aromatic rings. The van der Waals surface area contributed by atoms with Gasteiger partial charge >= 0.3 is 0 Å². The Balaban J connectivity index is 2.06. The van der Waals surface area contributed by atoms with Gasteiger partial charge in [0.25, 0.3) is 0 Å². The lowest BCUT2D eigenvalue weighted by molar-refractivity contribution is -0.108. The van der Waals surface area contributed by atoms with Crippen molar-refractivity contribution in [3.63, 3.8) is 0 Å². The molecule has 0 aliphatic rings. The normalized spacial score (nSPS) is 12.9. The van der Waals surface area contributed by atoms with Crippen LogP contribution in [-0.2, 0) is 23.4 Å². The van der Waals surface area contributed by atoms with Crippen LogP contribution in [0, 0.1) is 11.3 Å². The lowest BCUT2D eigenvalue weighted by Crippen LogP contribution is -2.44. The molecule has 3 nitrogen and oxygen atoms in total. The lowest BCUT2D eigenvalue weighted by Gasteiger charge is -2.39. The van der Waals surface area contributed by atoms with E-state index in [9.17, 15) is 10.1 Å². The zero-order valence-corrected chi connectivity index (χ0v) is 15.9. The number of carbonyl (C=O) groups is 1. The predicted octanol–water partition coefficient (Wildman–Crippen LogP) is 5.09. The molecule has 0 fully saturated rings. The van der Waals surface area contributed by atoms with Crippen molar-refractivity contribution < 1.29 is 4.79 Å². The van der Waals surface area contributed by atoms with Gasteiger partial charge in [-0.15, -0.1) is 0 Å². The molecular weight excluding hydrogens is 344 g/mol. The van der Waals surface area contributed by atoms with E-state index < -0.39 is 5.54 Å². The minimum atomic E-state index is -0.881. The Morgan fingerprint density at radius 2 is 1.25 bits per heavy atom. The highest BCUT2D eigenvalue weighted by Gasteiger charge is 2.38. The van der Waals surface area contributed by atoms with Gasteiger partial charge in [0, 0.05) is 19.5 Å². The van der Waals surface area contributed by atoms with Crippen LogP contribution in [0.15, 0.2) is 91.0 Å². The maximum absolute atomic E-state index is 11.2. The van der Waals surface area contributed by atoms with Crippen LogP contribution in [0.1, 0.15) is 29.5 Å². The highest BCUT2D eigenvalue weighted by atomic mass is 16.1. The van der Waals surface area contributed by atoms with Gasteiger partial charge in [-0.2, -0.15) is 5.26 Å². The monoisotopic (exact) mass is 368 g/mol. The van der Waals surface area contributed by atoms with Gasteiger partial charge in [-0.05, 0) is 23.1 Å². The van der Waals surface area contributed by atoms with Crippen LogP contribution in [0.25, 0.3) is 0 Å². The van der Waals surface area contributed by atoms with E-state index in [2.05, 4.69) is 35.2 Å². The molecule has 0 spiro atoms. The minimum absolute atomic E-state index is 0.336. The second kappa shape index (κ2) is 9.64. The third-order valence-corrected chi connectivity index (χ3v) is 5.03. The first-order valence-electron chi connectivity index (χ1n) is 9.52. The number of nitriles is 1. The number of aldehydes is 1. The van der Waals surface area contributed by atoms with Crippen molar-refractivity contribution in [2.45, 2.75) is 31.5 Å². The molecule has 3 heteroatoms. The number of hydrogen-bond acceptors (Lipinski definition) is 3. The Labute approximate surface area is 166 Å². The van der Waals surface area contributed by atoms with Gasteiger partial charge in [-0.25, -0.2) is 0 Å². The van der Waals surface area contributed by atoms with Crippen LogP contribution in [0.4, 0.5) is 0 Å². The molecule has 0 heterocycles. The molecule has 0 amide bonds. The van der Waals surface area contributed by atoms with Crippen molar-refractivity contribution in [2.24, 2.45) is 0 Å². The minimum Gasteiger partial charge on any atom is -0.303 e. The number of nitrogens with zero attached hydrogens (tertiary/aromatic N) is 2. The van der Waals surface area contributed by atoms with Gasteiger partial charge < -0.3 is 4.79 Å². The van der Waals surface area contributed by atoms with E-state index in [-0.39, 0.29) is 0 Å². The number of benzene rings is 3. The fourth-order valence-electron chi connectivity index (χ4n) is 3.59. The maximum atomic E-state index is 11.2. The molecule has 1 unspecified atom stereocenters. The summed E-state index contributed by atoms with van der Waals surface area (Å²) in [6.07, 6.45) is 1.69. The summed E-state index contributed by atoms with van der Waals surface area (Å²) in [5.74, 6) is 0. The molecule has 0 radical (unpaired) electrons. The van der Waals surface area contributed by atoms with Crippen LogP contribution in [0.5, 0.6) is 0 Å². The molecule has 0 saturated carbocycles. The van der Waals surface area contributed by atoms with E-state index in [4.69, 9.17) is 0 Å². The molecule has 3 aromatic carbocycles. The van der Waals surface area contributed by atoms with Gasteiger partial charge in [0.05, 0.1) is 6.07 Å². The van der Waals surface area contributed by atoms with Crippen LogP contribution in [0.3, 0.4) is 0 Å². The molecule has 140 valence electrons. The van der Waals surface area contributed by atoms with Gasteiger partial charge in [0.15, 0.2) is 0 Å². The topological polar surface area (TPSA) is 44.1 Å². The van der Waals surface area contributed by atoms with Crippen LogP contribution in [-0.4, -0.2) is 11.2 Å². The molecule has 0 aliphatic heterocycles. The fraction of sp³-hybridized carbons (Fsp3) is 0.200. The summed E-state index contributed by atoms with van der Waals surface area (Å²) in [6, 6.07) is 32.7. The molecule has 0 aliphatic carbocycles. The zero-order chi connectivity index (χ0) is 19.7. The summed E-state index contributed by atoms with van der Waals surface area (Å²) >= 11 is 0. The van der Waals surface area contributed by atoms with Crippen molar-refractivity contribution in [1.82, 2.24) is 4.90 Å². The molecule has 1 atom stereocenters. The van der Waals surface area contributed by atoms with Crippen LogP contribution >= 0.6 is 0 Å². The Bertz CT molecular complexity index is 862. The zero-order valence-electron chi connectivity index (χ0n) is 15.9. The van der Waals surface area contributed by atoms with Crippen LogP contribution in [0.2, 0.25) is 0 Å². The van der Waals surface area contributed by atoms with Gasteiger partial charge in [0.2, 0.25) is 0 Å². The third-order valence-electron chi connectivity index (χ3n) is 5.03. The summed E-state index contributed by atoms with van der Waals surface area (Å²) in [5.41, 5.74) is 2.32. The van der Waals surface area contributed by atoms with Crippen molar-refractivity contribution in [1.29, 1.82) is 5.26 Å². The van der Waals surface area contributed by atoms with E-state index in [1.165, 1.54) is 0 Å². The average Bonchev–Trinajstić information content (AvgIpc) is 2.77. The second-order valence-corrected chi connectivity index (χ2v) is 6.87. The summed E-state index contributed by atoms with van der Waals surface area (Å²) in [5, 5.41) is 10.4. The number of carbonyl (C=O) groups excluding carboxylic acids is 1. The Morgan fingerprint density at radius 1 is 0.786 bits per heavy atom. The Kier molecular flexibility index (Phi) is 6.73. The molecule has 0 saturated heterocycles. The summed E-state index contributed by atoms with van der Waals surface area (Å²) in [6.45, 7) is 1.24. The fourth-order valence-corrected chi connectivity index (χ4v) is 3.59. The maximum Gasteiger partial charge on any atom is 0.135 e. The average molecular weight is 368 g/mol. The highest BCUT2D eigenvalue weighted by Crippen LogP contribution is 2.35. The predicted molar refractivity (Wildman–Crippen MR) is 111 cm³/mol. The van der Waals surface area contributed by atoms with E-state index in [1.54, 1.807) is 0 Å². The molecule has 0 aromatic heterocycles. The molecule has 0 bridgehead atoms. The lowest BCUT2D eigenvalue weighted by atomic mass is 9.84. The van der Waals surface area contributed by atoms with E-state index in [0.29, 0.717) is 25.9 Å². The van der Waals surface area contributed by atoms with E-state index in [0.717, 1.165) is 23.0 Å². The highest BCUT2D eigenvalue weighted by molar-refractivity contribution is 5.50. The van der Waals surface area contributed by atoms with E-state index >= 15 is 0 Å². The first-order valence-corrected chi connectivity index (χ1v) is 9.52. The Hall–Kier alpha value is -3.22. The van der Waals surface area contributed by atoms with Crippen molar-refractivity contribution in [3.05, 3.63) is 108 Å². The molecule has 3 rings (SSSR count). The van der Waals surface area contributed by atoms with Gasteiger partial charge in [-0.1, -0.05) is 91.0 Å². The first-order chi connectivity index (χ1) is 13.8. The smallest absolute Gasteiger partial charge is 0.135 e. The van der Waals surface area contributed by atoms with E-state index in [1.807, 2.05) is 66.7 Å². The summed E-state index contributed by atoms with van der Waals surface area (Å²) < 4.78 is 0. The summed E-state index contributed by atoms with van der Waals surface area (Å²) in [4.78, 5) is 13.4. The van der Waals surface area contributed by atoms with Crippen molar-refractivity contribution in [3.8, 4) is 6.07 Å². The van der Waals surface area contributed by atoms with Crippen LogP contribution < -0.4 is 0 Å². The SMILES string of the molecule is N#CC(CCC=O)(c1ccccc1)N(Cc1ccccc1)Cc1ccccc1. The van der Waals surface area contributed by atoms with Crippen molar-refractivity contribution >= 4 is 6.29 Å². The van der Waals surface area contributed by atoms with Gasteiger partial charge in [-0.3, -0.25) is 4.90 Å². The number of hydrogen-bond donors (Lipinski definition) is 0. The standard InChI is InChI=1S/C25H24N2O/c26-21-25(17-10-18-28,24-15-8-3-9-16-24)27(19-22-11-4-1-5-12-22)20-23-13-6-2-7-14-23/h1-9,11-16,18H,10,17,19-20H2. The molecule has 28 heavy (non-hydrogen) atoms. The molecule has 0 N–H and O–H groups in total. The molecular formula is C25H24N2O.